The molecule has 0 saturated carbocycles. The minimum absolute atomic E-state index is 0.0945. The van der Waals surface area contributed by atoms with Crippen molar-refractivity contribution in [3.8, 4) is 0 Å². The van der Waals surface area contributed by atoms with E-state index in [1.165, 1.54) is 12.1 Å². The van der Waals surface area contributed by atoms with Gasteiger partial charge in [0, 0.05) is 25.2 Å². The second kappa shape index (κ2) is 5.13. The van der Waals surface area contributed by atoms with Gasteiger partial charge in [0.2, 0.25) is 0 Å². The number of nitro benzene ring substituents is 1. The predicted molar refractivity (Wildman–Crippen MR) is 69.7 cm³/mol. The van der Waals surface area contributed by atoms with Crippen LogP contribution < -0.4 is 4.90 Å². The Labute approximate surface area is 110 Å². The Bertz CT molecular complexity index is 491. The lowest BCUT2D eigenvalue weighted by Crippen LogP contribution is -2.28. The van der Waals surface area contributed by atoms with Gasteiger partial charge in [-0.05, 0) is 32.3 Å². The normalized spacial score (nSPS) is 24.1. The van der Waals surface area contributed by atoms with Gasteiger partial charge in [-0.1, -0.05) is 0 Å². The Hall–Kier alpha value is -1.69. The Morgan fingerprint density at radius 3 is 2.84 bits per heavy atom. The van der Waals surface area contributed by atoms with Gasteiger partial charge in [-0.2, -0.15) is 0 Å². The van der Waals surface area contributed by atoms with Crippen LogP contribution in [-0.2, 0) is 0 Å². The largest absolute Gasteiger partial charge is 0.390 e. The number of aliphatic hydroxyl groups is 1. The summed E-state index contributed by atoms with van der Waals surface area (Å²) in [6.07, 6.45) is 1.88. The number of nitro groups is 1. The highest BCUT2D eigenvalue weighted by Crippen LogP contribution is 2.32. The second-order valence-corrected chi connectivity index (χ2v) is 5.23. The lowest BCUT2D eigenvalue weighted by Gasteiger charge is -2.24. The van der Waals surface area contributed by atoms with E-state index in [0.717, 1.165) is 12.5 Å². The fourth-order valence-electron chi connectivity index (χ4n) is 2.41. The van der Waals surface area contributed by atoms with E-state index in [-0.39, 0.29) is 5.69 Å². The van der Waals surface area contributed by atoms with Gasteiger partial charge in [0.15, 0.2) is 0 Å². The molecule has 1 atom stereocenters. The number of rotatable bonds is 2. The van der Waals surface area contributed by atoms with Crippen LogP contribution in [0.15, 0.2) is 18.2 Å². The maximum absolute atomic E-state index is 13.3. The van der Waals surface area contributed by atoms with Crippen LogP contribution in [0.1, 0.15) is 26.2 Å². The van der Waals surface area contributed by atoms with Crippen molar-refractivity contribution in [2.24, 2.45) is 0 Å². The lowest BCUT2D eigenvalue weighted by molar-refractivity contribution is -0.384. The van der Waals surface area contributed by atoms with Crippen molar-refractivity contribution in [1.82, 2.24) is 0 Å². The van der Waals surface area contributed by atoms with Crippen molar-refractivity contribution in [2.45, 2.75) is 31.8 Å². The molecule has 1 aliphatic heterocycles. The van der Waals surface area contributed by atoms with Gasteiger partial charge in [0.25, 0.3) is 5.69 Å². The predicted octanol–water partition coefficient (Wildman–Crippen LogP) is 2.48. The molecule has 6 heteroatoms. The van der Waals surface area contributed by atoms with Crippen molar-refractivity contribution < 1.29 is 14.4 Å². The molecule has 1 saturated heterocycles. The third kappa shape index (κ3) is 3.20. The van der Waals surface area contributed by atoms with E-state index < -0.39 is 16.3 Å². The molecule has 0 radical (unpaired) electrons. The van der Waals surface area contributed by atoms with E-state index in [1.54, 1.807) is 11.8 Å². The topological polar surface area (TPSA) is 66.6 Å². The van der Waals surface area contributed by atoms with Crippen LogP contribution in [0.2, 0.25) is 0 Å². The van der Waals surface area contributed by atoms with E-state index in [4.69, 9.17) is 0 Å². The average Bonchev–Trinajstić information content (AvgIpc) is 2.49. The van der Waals surface area contributed by atoms with Crippen LogP contribution in [0.4, 0.5) is 15.8 Å². The third-order valence-corrected chi connectivity index (χ3v) is 3.54. The first kappa shape index (κ1) is 13.7. The molecule has 0 bridgehead atoms. The Morgan fingerprint density at radius 2 is 2.16 bits per heavy atom. The molecule has 19 heavy (non-hydrogen) atoms. The standard InChI is InChI=1S/C13H17FN2O3/c1-13(17)5-2-7-15(8-6-13)12-9-10(14)3-4-11(12)16(18)19/h3-4,9,17H,2,5-8H2,1H3. The highest BCUT2D eigenvalue weighted by Gasteiger charge is 2.28. The smallest absolute Gasteiger partial charge is 0.292 e. The summed E-state index contributed by atoms with van der Waals surface area (Å²) in [5, 5.41) is 21.0. The molecule has 0 amide bonds. The first-order chi connectivity index (χ1) is 8.89. The van der Waals surface area contributed by atoms with E-state index in [9.17, 15) is 19.6 Å². The molecule has 1 unspecified atom stereocenters. The second-order valence-electron chi connectivity index (χ2n) is 5.23. The van der Waals surface area contributed by atoms with Gasteiger partial charge < -0.3 is 10.0 Å². The van der Waals surface area contributed by atoms with Crippen molar-refractivity contribution in [1.29, 1.82) is 0 Å². The lowest BCUT2D eigenvalue weighted by atomic mass is 9.98. The van der Waals surface area contributed by atoms with Crippen molar-refractivity contribution in [2.75, 3.05) is 18.0 Å². The van der Waals surface area contributed by atoms with Crippen LogP contribution in [-0.4, -0.2) is 28.7 Å². The molecular weight excluding hydrogens is 251 g/mol. The minimum atomic E-state index is -0.753. The molecule has 1 aromatic carbocycles. The number of nitrogens with zero attached hydrogens (tertiary/aromatic N) is 2. The van der Waals surface area contributed by atoms with Crippen molar-refractivity contribution in [3.63, 3.8) is 0 Å². The molecular formula is C13H17FN2O3. The summed E-state index contributed by atoms with van der Waals surface area (Å²) in [6.45, 7) is 2.83. The Kier molecular flexibility index (Phi) is 3.71. The fraction of sp³-hybridized carbons (Fsp3) is 0.538. The molecule has 2 rings (SSSR count). The molecule has 1 heterocycles. The van der Waals surface area contributed by atoms with Gasteiger partial charge in [0.1, 0.15) is 11.5 Å². The average molecular weight is 268 g/mol. The number of anilines is 1. The van der Waals surface area contributed by atoms with Crippen molar-refractivity contribution >= 4 is 11.4 Å². The van der Waals surface area contributed by atoms with E-state index in [0.29, 0.717) is 31.6 Å². The fourth-order valence-corrected chi connectivity index (χ4v) is 2.41. The first-order valence-corrected chi connectivity index (χ1v) is 6.30. The van der Waals surface area contributed by atoms with Gasteiger partial charge in [-0.3, -0.25) is 10.1 Å². The maximum Gasteiger partial charge on any atom is 0.292 e. The number of hydrogen-bond donors (Lipinski definition) is 1. The zero-order valence-electron chi connectivity index (χ0n) is 10.8. The maximum atomic E-state index is 13.3. The highest BCUT2D eigenvalue weighted by molar-refractivity contribution is 5.63. The van der Waals surface area contributed by atoms with Crippen molar-refractivity contribution in [3.05, 3.63) is 34.1 Å². The SMILES string of the molecule is CC1(O)CCCN(c2cc(F)ccc2[N+](=O)[O-])CC1. The molecule has 1 fully saturated rings. The summed E-state index contributed by atoms with van der Waals surface area (Å²) in [5.74, 6) is -0.489. The zero-order chi connectivity index (χ0) is 14.0. The van der Waals surface area contributed by atoms with Gasteiger partial charge in [0.05, 0.1) is 10.5 Å². The van der Waals surface area contributed by atoms with Crippen LogP contribution >= 0.6 is 0 Å². The molecule has 1 N–H and O–H groups in total. The molecule has 0 aromatic heterocycles. The molecule has 104 valence electrons. The zero-order valence-corrected chi connectivity index (χ0v) is 10.8. The number of hydrogen-bond acceptors (Lipinski definition) is 4. The molecule has 1 aromatic rings. The summed E-state index contributed by atoms with van der Waals surface area (Å²) in [4.78, 5) is 12.3. The Morgan fingerprint density at radius 1 is 1.42 bits per heavy atom. The summed E-state index contributed by atoms with van der Waals surface area (Å²) >= 11 is 0. The monoisotopic (exact) mass is 268 g/mol. The summed E-state index contributed by atoms with van der Waals surface area (Å²) in [6, 6.07) is 3.47. The summed E-state index contributed by atoms with van der Waals surface area (Å²) in [7, 11) is 0. The summed E-state index contributed by atoms with van der Waals surface area (Å²) < 4.78 is 13.3. The van der Waals surface area contributed by atoms with Crippen LogP contribution in [0.3, 0.4) is 0 Å². The molecule has 5 nitrogen and oxygen atoms in total. The third-order valence-electron chi connectivity index (χ3n) is 3.54. The minimum Gasteiger partial charge on any atom is -0.390 e. The number of benzene rings is 1. The van der Waals surface area contributed by atoms with Gasteiger partial charge >= 0.3 is 0 Å². The molecule has 1 aliphatic rings. The van der Waals surface area contributed by atoms with Crippen LogP contribution in [0.25, 0.3) is 0 Å². The van der Waals surface area contributed by atoms with Crippen LogP contribution in [0.5, 0.6) is 0 Å². The van der Waals surface area contributed by atoms with E-state index in [1.807, 2.05) is 0 Å². The van der Waals surface area contributed by atoms with Gasteiger partial charge in [-0.15, -0.1) is 0 Å². The van der Waals surface area contributed by atoms with Crippen LogP contribution in [0, 0.1) is 15.9 Å². The summed E-state index contributed by atoms with van der Waals surface area (Å²) in [5.41, 5.74) is -0.553. The van der Waals surface area contributed by atoms with E-state index >= 15 is 0 Å². The van der Waals surface area contributed by atoms with Gasteiger partial charge in [-0.25, -0.2) is 4.39 Å². The van der Waals surface area contributed by atoms with E-state index in [2.05, 4.69) is 0 Å². The molecule has 0 aliphatic carbocycles. The molecule has 0 spiro atoms. The quantitative estimate of drug-likeness (QED) is 0.661. The highest BCUT2D eigenvalue weighted by atomic mass is 19.1. The number of halogens is 1. The Balaban J connectivity index is 2.30. The first-order valence-electron chi connectivity index (χ1n) is 6.30.